The van der Waals surface area contributed by atoms with Crippen LogP contribution in [0.2, 0.25) is 0 Å². The molecule has 0 radical (unpaired) electrons. The molecule has 1 N–H and O–H groups in total. The van der Waals surface area contributed by atoms with Crippen LogP contribution in [0.15, 0.2) is 23.8 Å². The number of nitrogens with zero attached hydrogens (tertiary/aromatic N) is 1. The Hall–Kier alpha value is -1.42. The smallest absolute Gasteiger partial charge is 0.239 e. The second-order valence-corrected chi connectivity index (χ2v) is 4.08. The summed E-state index contributed by atoms with van der Waals surface area (Å²) < 4.78 is 0. The molecule has 2 aliphatic heterocycles. The van der Waals surface area contributed by atoms with Gasteiger partial charge in [-0.1, -0.05) is 18.2 Å². The van der Waals surface area contributed by atoms with Crippen molar-refractivity contribution in [2.45, 2.75) is 12.5 Å². The zero-order valence-corrected chi connectivity index (χ0v) is 8.51. The molecule has 2 atom stereocenters. The first-order valence-corrected chi connectivity index (χ1v) is 4.87. The van der Waals surface area contributed by atoms with Gasteiger partial charge in [0.2, 0.25) is 5.91 Å². The Bertz CT molecular complexity index is 372. The number of carbonyl (C=O) groups is 2. The van der Waals surface area contributed by atoms with E-state index in [1.165, 1.54) is 0 Å². The summed E-state index contributed by atoms with van der Waals surface area (Å²) in [5, 5.41) is 9.33. The maximum absolute atomic E-state index is 12.0. The van der Waals surface area contributed by atoms with E-state index in [0.29, 0.717) is 12.0 Å². The minimum atomic E-state index is -1.02. The molecule has 80 valence electrons. The van der Waals surface area contributed by atoms with Gasteiger partial charge in [-0.25, -0.2) is 0 Å². The lowest BCUT2D eigenvalue weighted by Gasteiger charge is -2.35. The van der Waals surface area contributed by atoms with Gasteiger partial charge in [0, 0.05) is 7.05 Å². The number of aliphatic hydroxyl groups excluding tert-OH is 1. The normalized spacial score (nSPS) is 34.0. The molecule has 0 unspecified atom stereocenters. The SMILES string of the molecule is CN1C(=O)[C@@]2(CO)C=C[C@H]1CC(C=O)=C2. The number of hydrogen-bond acceptors (Lipinski definition) is 3. The van der Waals surface area contributed by atoms with E-state index < -0.39 is 5.41 Å². The minimum absolute atomic E-state index is 0.0591. The van der Waals surface area contributed by atoms with Crippen LogP contribution in [0, 0.1) is 5.41 Å². The largest absolute Gasteiger partial charge is 0.395 e. The molecule has 2 heterocycles. The van der Waals surface area contributed by atoms with Gasteiger partial charge in [0.15, 0.2) is 0 Å². The van der Waals surface area contributed by atoms with E-state index >= 15 is 0 Å². The van der Waals surface area contributed by atoms with Crippen molar-refractivity contribution in [2.24, 2.45) is 5.41 Å². The fraction of sp³-hybridized carbons (Fsp3) is 0.455. The van der Waals surface area contributed by atoms with Gasteiger partial charge < -0.3 is 10.0 Å². The first kappa shape index (κ1) is 10.1. The Balaban J connectivity index is 2.54. The average molecular weight is 207 g/mol. The topological polar surface area (TPSA) is 57.6 Å². The molecule has 0 fully saturated rings. The fourth-order valence-corrected chi connectivity index (χ4v) is 2.16. The molecule has 15 heavy (non-hydrogen) atoms. The number of fused-ring (bicyclic) bond motifs is 2. The summed E-state index contributed by atoms with van der Waals surface area (Å²) in [6, 6.07) is -0.0591. The van der Waals surface area contributed by atoms with Crippen molar-refractivity contribution in [3.8, 4) is 0 Å². The molecule has 0 spiro atoms. The summed E-state index contributed by atoms with van der Waals surface area (Å²) in [6.45, 7) is -0.295. The molecule has 1 amide bonds. The quantitative estimate of drug-likeness (QED) is 0.508. The Morgan fingerprint density at radius 3 is 3.07 bits per heavy atom. The van der Waals surface area contributed by atoms with Crippen molar-refractivity contribution < 1.29 is 14.7 Å². The van der Waals surface area contributed by atoms with Crippen molar-refractivity contribution in [2.75, 3.05) is 13.7 Å². The van der Waals surface area contributed by atoms with Crippen LogP contribution in [0.4, 0.5) is 0 Å². The molecule has 0 saturated heterocycles. The molecule has 2 bridgehead atoms. The van der Waals surface area contributed by atoms with Crippen molar-refractivity contribution in [3.63, 3.8) is 0 Å². The van der Waals surface area contributed by atoms with Crippen LogP contribution < -0.4 is 0 Å². The Morgan fingerprint density at radius 2 is 2.47 bits per heavy atom. The van der Waals surface area contributed by atoms with Crippen LogP contribution in [-0.4, -0.2) is 41.9 Å². The van der Waals surface area contributed by atoms with Gasteiger partial charge in [-0.2, -0.15) is 0 Å². The minimum Gasteiger partial charge on any atom is -0.395 e. The lowest BCUT2D eigenvalue weighted by Crippen LogP contribution is -2.48. The number of aliphatic hydroxyl groups is 1. The van der Waals surface area contributed by atoms with Crippen LogP contribution in [0.25, 0.3) is 0 Å². The summed E-state index contributed by atoms with van der Waals surface area (Å²) in [7, 11) is 1.70. The molecule has 0 saturated carbocycles. The summed E-state index contributed by atoms with van der Waals surface area (Å²) in [4.78, 5) is 24.4. The molecular formula is C11H13NO3. The fourth-order valence-electron chi connectivity index (χ4n) is 2.16. The van der Waals surface area contributed by atoms with Crippen molar-refractivity contribution >= 4 is 12.2 Å². The van der Waals surface area contributed by atoms with Crippen molar-refractivity contribution in [3.05, 3.63) is 23.8 Å². The number of hydrogen-bond donors (Lipinski definition) is 1. The van der Waals surface area contributed by atoms with Crippen molar-refractivity contribution in [1.82, 2.24) is 4.90 Å². The third-order valence-electron chi connectivity index (χ3n) is 3.13. The molecule has 0 aromatic carbocycles. The zero-order chi connectivity index (χ0) is 11.1. The highest BCUT2D eigenvalue weighted by atomic mass is 16.3. The highest BCUT2D eigenvalue weighted by molar-refractivity contribution is 5.91. The van der Waals surface area contributed by atoms with E-state index in [1.807, 2.05) is 6.08 Å². The molecule has 0 aromatic rings. The van der Waals surface area contributed by atoms with Crippen molar-refractivity contribution in [1.29, 1.82) is 0 Å². The average Bonchev–Trinajstić information content (AvgIpc) is 2.51. The van der Waals surface area contributed by atoms with Gasteiger partial charge in [0.05, 0.1) is 12.6 Å². The standard InChI is InChI=1S/C11H13NO3/c1-12-9-2-3-11(7-14,10(12)15)5-8(4-9)6-13/h2-3,5-6,9,14H,4,7H2,1H3/t9-,11-/m0/s1. The van der Waals surface area contributed by atoms with Gasteiger partial charge >= 0.3 is 0 Å². The van der Waals surface area contributed by atoms with E-state index in [-0.39, 0.29) is 18.6 Å². The molecule has 3 rings (SSSR count). The second kappa shape index (κ2) is 3.31. The number of rotatable bonds is 2. The molecule has 0 aromatic heterocycles. The third-order valence-corrected chi connectivity index (χ3v) is 3.13. The van der Waals surface area contributed by atoms with Gasteiger partial charge in [0.25, 0.3) is 0 Å². The molecule has 4 heteroatoms. The predicted octanol–water partition coefficient (Wildman–Crippen LogP) is -0.109. The van der Waals surface area contributed by atoms with E-state index in [1.54, 1.807) is 24.1 Å². The van der Waals surface area contributed by atoms with Crippen LogP contribution in [0.5, 0.6) is 0 Å². The van der Waals surface area contributed by atoms with Gasteiger partial charge in [-0.3, -0.25) is 9.59 Å². The van der Waals surface area contributed by atoms with E-state index in [0.717, 1.165) is 6.29 Å². The summed E-state index contributed by atoms with van der Waals surface area (Å²) >= 11 is 0. The first-order valence-electron chi connectivity index (χ1n) is 4.87. The Morgan fingerprint density at radius 1 is 1.73 bits per heavy atom. The zero-order valence-electron chi connectivity index (χ0n) is 8.51. The van der Waals surface area contributed by atoms with Crippen LogP contribution >= 0.6 is 0 Å². The predicted molar refractivity (Wildman–Crippen MR) is 54.0 cm³/mol. The second-order valence-electron chi connectivity index (χ2n) is 4.08. The van der Waals surface area contributed by atoms with Crippen LogP contribution in [-0.2, 0) is 9.59 Å². The Kier molecular flexibility index (Phi) is 2.23. The Labute approximate surface area is 87.9 Å². The highest BCUT2D eigenvalue weighted by Gasteiger charge is 2.43. The molecule has 4 nitrogen and oxygen atoms in total. The maximum atomic E-state index is 12.0. The third kappa shape index (κ3) is 1.33. The first-order chi connectivity index (χ1) is 7.13. The summed E-state index contributed by atoms with van der Waals surface area (Å²) in [6.07, 6.45) is 6.46. The van der Waals surface area contributed by atoms with Crippen LogP contribution in [0.3, 0.4) is 0 Å². The molecular weight excluding hydrogens is 194 g/mol. The monoisotopic (exact) mass is 207 g/mol. The molecule has 1 aliphatic carbocycles. The van der Waals surface area contributed by atoms with E-state index in [4.69, 9.17) is 0 Å². The maximum Gasteiger partial charge on any atom is 0.239 e. The van der Waals surface area contributed by atoms with E-state index in [9.17, 15) is 14.7 Å². The summed E-state index contributed by atoms with van der Waals surface area (Å²) in [5.74, 6) is -0.144. The lowest BCUT2D eigenvalue weighted by atomic mass is 9.84. The number of likely N-dealkylation sites (N-methyl/N-ethyl adjacent to an activating group) is 1. The number of carbonyl (C=O) groups excluding carboxylic acids is 2. The highest BCUT2D eigenvalue weighted by Crippen LogP contribution is 2.35. The number of amides is 1. The van der Waals surface area contributed by atoms with Gasteiger partial charge in [-0.05, 0) is 12.0 Å². The number of aldehydes is 1. The van der Waals surface area contributed by atoms with Crippen LogP contribution in [0.1, 0.15) is 6.42 Å². The molecule has 3 aliphatic rings. The van der Waals surface area contributed by atoms with Gasteiger partial charge in [0.1, 0.15) is 11.7 Å². The van der Waals surface area contributed by atoms with Gasteiger partial charge in [-0.15, -0.1) is 0 Å². The summed E-state index contributed by atoms with van der Waals surface area (Å²) in [5.41, 5.74) is -0.436. The lowest BCUT2D eigenvalue weighted by molar-refractivity contribution is -0.139. The van der Waals surface area contributed by atoms with E-state index in [2.05, 4.69) is 0 Å².